The highest BCUT2D eigenvalue weighted by Crippen LogP contribution is 2.44. The van der Waals surface area contributed by atoms with Crippen LogP contribution in [0, 0.1) is 0 Å². The Kier molecular flexibility index (Phi) is 3.53. The van der Waals surface area contributed by atoms with Gasteiger partial charge in [-0.2, -0.15) is 5.10 Å². The molecule has 1 aliphatic rings. The Bertz CT molecular complexity index is 747. The van der Waals surface area contributed by atoms with Gasteiger partial charge in [0.2, 0.25) is 5.96 Å². The third-order valence-electron chi connectivity index (χ3n) is 3.09. The summed E-state index contributed by atoms with van der Waals surface area (Å²) in [7, 11) is 0. The number of nitrogens with one attached hydrogen (secondary N) is 1. The zero-order valence-electron chi connectivity index (χ0n) is 11.5. The van der Waals surface area contributed by atoms with Crippen molar-refractivity contribution in [2.75, 3.05) is 5.32 Å². The number of nitrogens with two attached hydrogens (primary N) is 2. The molecule has 3 rings (SSSR count). The Labute approximate surface area is 127 Å². The largest absolute Gasteiger partial charge is 0.369 e. The molecule has 0 bridgehead atoms. The van der Waals surface area contributed by atoms with Crippen molar-refractivity contribution in [3.63, 3.8) is 0 Å². The SMILES string of the molecule is C/C(=N\N=C(N)N)c1ccc2c(c1)Nc1ccccc1S2. The van der Waals surface area contributed by atoms with Gasteiger partial charge in [-0.15, -0.1) is 5.10 Å². The quantitative estimate of drug-likeness (QED) is 0.385. The fourth-order valence-corrected chi connectivity index (χ4v) is 3.02. The van der Waals surface area contributed by atoms with E-state index in [1.807, 2.05) is 25.1 Å². The van der Waals surface area contributed by atoms with Crippen molar-refractivity contribution < 1.29 is 0 Å². The maximum absolute atomic E-state index is 5.29. The zero-order valence-corrected chi connectivity index (χ0v) is 12.3. The molecule has 0 aliphatic carbocycles. The van der Waals surface area contributed by atoms with Crippen LogP contribution in [-0.4, -0.2) is 11.7 Å². The number of benzene rings is 2. The number of hydrogen-bond donors (Lipinski definition) is 3. The molecule has 0 aromatic heterocycles. The van der Waals surface area contributed by atoms with Crippen molar-refractivity contribution in [1.82, 2.24) is 0 Å². The van der Waals surface area contributed by atoms with Gasteiger partial charge in [0.05, 0.1) is 17.1 Å². The van der Waals surface area contributed by atoms with Crippen LogP contribution in [0.2, 0.25) is 0 Å². The smallest absolute Gasteiger partial charge is 0.211 e. The average molecular weight is 297 g/mol. The van der Waals surface area contributed by atoms with Gasteiger partial charge in [0.25, 0.3) is 0 Å². The third-order valence-corrected chi connectivity index (χ3v) is 4.24. The predicted octanol–water partition coefficient (Wildman–Crippen LogP) is 2.89. The van der Waals surface area contributed by atoms with Crippen molar-refractivity contribution in [1.29, 1.82) is 0 Å². The molecule has 0 saturated heterocycles. The topological polar surface area (TPSA) is 88.8 Å². The molecule has 5 N–H and O–H groups in total. The first-order valence-electron chi connectivity index (χ1n) is 6.45. The number of guanidine groups is 1. The van der Waals surface area contributed by atoms with E-state index in [0.29, 0.717) is 0 Å². The van der Waals surface area contributed by atoms with Gasteiger partial charge < -0.3 is 16.8 Å². The number of rotatable bonds is 2. The van der Waals surface area contributed by atoms with Crippen LogP contribution in [0.5, 0.6) is 0 Å². The number of hydrogen-bond acceptors (Lipinski definition) is 4. The summed E-state index contributed by atoms with van der Waals surface area (Å²) in [5.41, 5.74) is 14.5. The van der Waals surface area contributed by atoms with E-state index >= 15 is 0 Å². The van der Waals surface area contributed by atoms with E-state index in [4.69, 9.17) is 11.5 Å². The first-order valence-corrected chi connectivity index (χ1v) is 7.26. The van der Waals surface area contributed by atoms with Crippen LogP contribution < -0.4 is 16.8 Å². The lowest BCUT2D eigenvalue weighted by Gasteiger charge is -2.21. The molecule has 0 saturated carbocycles. The molecule has 21 heavy (non-hydrogen) atoms. The minimum atomic E-state index is -0.0464. The predicted molar refractivity (Wildman–Crippen MR) is 88.3 cm³/mol. The molecule has 0 atom stereocenters. The Morgan fingerprint density at radius 2 is 1.76 bits per heavy atom. The van der Waals surface area contributed by atoms with E-state index in [9.17, 15) is 0 Å². The normalized spacial score (nSPS) is 12.9. The monoisotopic (exact) mass is 297 g/mol. The number of nitrogens with zero attached hydrogens (tertiary/aromatic N) is 2. The fourth-order valence-electron chi connectivity index (χ4n) is 2.05. The second-order valence-corrected chi connectivity index (χ2v) is 5.73. The molecule has 2 aromatic carbocycles. The van der Waals surface area contributed by atoms with Gasteiger partial charge in [-0.3, -0.25) is 0 Å². The Balaban J connectivity index is 1.94. The standard InChI is InChI=1S/C15H15N5S/c1-9(19-20-15(16)17)10-6-7-14-12(8-10)18-11-4-2-3-5-13(11)21-14/h2-8,18H,1H3,(H4,16,17,20)/b19-9+. The van der Waals surface area contributed by atoms with Crippen LogP contribution in [0.1, 0.15) is 12.5 Å². The van der Waals surface area contributed by atoms with Crippen LogP contribution in [0.3, 0.4) is 0 Å². The average Bonchev–Trinajstić information content (AvgIpc) is 2.50. The lowest BCUT2D eigenvalue weighted by Crippen LogP contribution is -2.22. The molecule has 1 aliphatic heterocycles. The molecule has 0 spiro atoms. The van der Waals surface area contributed by atoms with Crippen LogP contribution in [0.25, 0.3) is 0 Å². The summed E-state index contributed by atoms with van der Waals surface area (Å²) in [5, 5.41) is 11.1. The van der Waals surface area contributed by atoms with Crippen molar-refractivity contribution in [2.45, 2.75) is 16.7 Å². The van der Waals surface area contributed by atoms with E-state index in [0.717, 1.165) is 22.6 Å². The number of fused-ring (bicyclic) bond motifs is 2. The van der Waals surface area contributed by atoms with Gasteiger partial charge in [0.15, 0.2) is 0 Å². The van der Waals surface area contributed by atoms with Crippen molar-refractivity contribution >= 4 is 34.8 Å². The molecule has 2 aromatic rings. The minimum Gasteiger partial charge on any atom is -0.369 e. The molecule has 0 fully saturated rings. The van der Waals surface area contributed by atoms with E-state index in [1.54, 1.807) is 11.8 Å². The van der Waals surface area contributed by atoms with E-state index in [2.05, 4.69) is 39.8 Å². The molecule has 6 heteroatoms. The highest BCUT2D eigenvalue weighted by molar-refractivity contribution is 7.99. The van der Waals surface area contributed by atoms with E-state index in [-0.39, 0.29) is 5.96 Å². The molecule has 0 amide bonds. The maximum Gasteiger partial charge on any atom is 0.211 e. The third kappa shape index (κ3) is 2.85. The second-order valence-electron chi connectivity index (χ2n) is 4.64. The summed E-state index contributed by atoms with van der Waals surface area (Å²) in [5.74, 6) is -0.0464. The number of anilines is 2. The first kappa shape index (κ1) is 13.5. The summed E-state index contributed by atoms with van der Waals surface area (Å²) in [4.78, 5) is 2.41. The summed E-state index contributed by atoms with van der Waals surface area (Å²) >= 11 is 1.75. The Morgan fingerprint density at radius 3 is 2.57 bits per heavy atom. The molecular formula is C15H15N5S. The van der Waals surface area contributed by atoms with Crippen molar-refractivity contribution in [2.24, 2.45) is 21.7 Å². The molecule has 0 radical (unpaired) electrons. The van der Waals surface area contributed by atoms with Gasteiger partial charge in [-0.25, -0.2) is 0 Å². The van der Waals surface area contributed by atoms with Crippen LogP contribution in [0.15, 0.2) is 62.5 Å². The second kappa shape index (κ2) is 5.49. The lowest BCUT2D eigenvalue weighted by atomic mass is 10.1. The van der Waals surface area contributed by atoms with Crippen molar-refractivity contribution in [3.05, 3.63) is 48.0 Å². The first-order chi connectivity index (χ1) is 10.1. The Morgan fingerprint density at radius 1 is 1.00 bits per heavy atom. The maximum atomic E-state index is 5.29. The van der Waals surface area contributed by atoms with Gasteiger partial charge in [0, 0.05) is 9.79 Å². The fraction of sp³-hybridized carbons (Fsp3) is 0.0667. The molecular weight excluding hydrogens is 282 g/mol. The molecule has 106 valence electrons. The van der Waals surface area contributed by atoms with E-state index < -0.39 is 0 Å². The van der Waals surface area contributed by atoms with Gasteiger partial charge in [0.1, 0.15) is 0 Å². The highest BCUT2D eigenvalue weighted by Gasteiger charge is 2.15. The Hall–Kier alpha value is -2.47. The summed E-state index contributed by atoms with van der Waals surface area (Å²) in [6.07, 6.45) is 0. The summed E-state index contributed by atoms with van der Waals surface area (Å²) < 4.78 is 0. The molecule has 5 nitrogen and oxygen atoms in total. The molecule has 0 unspecified atom stereocenters. The van der Waals surface area contributed by atoms with Gasteiger partial charge in [-0.05, 0) is 36.8 Å². The zero-order chi connectivity index (χ0) is 14.8. The van der Waals surface area contributed by atoms with Crippen LogP contribution in [0.4, 0.5) is 11.4 Å². The lowest BCUT2D eigenvalue weighted by molar-refractivity contribution is 1.19. The molecule has 1 heterocycles. The summed E-state index contributed by atoms with van der Waals surface area (Å²) in [6, 6.07) is 14.4. The van der Waals surface area contributed by atoms with E-state index in [1.165, 1.54) is 9.79 Å². The van der Waals surface area contributed by atoms with Crippen molar-refractivity contribution in [3.8, 4) is 0 Å². The minimum absolute atomic E-state index is 0.0464. The summed E-state index contributed by atoms with van der Waals surface area (Å²) in [6.45, 7) is 1.87. The number of para-hydroxylation sites is 1. The van der Waals surface area contributed by atoms with Gasteiger partial charge in [-0.1, -0.05) is 30.0 Å². The highest BCUT2D eigenvalue weighted by atomic mass is 32.2. The van der Waals surface area contributed by atoms with Gasteiger partial charge >= 0.3 is 0 Å². The van der Waals surface area contributed by atoms with Crippen LogP contribution >= 0.6 is 11.8 Å². The van der Waals surface area contributed by atoms with Crippen LogP contribution in [-0.2, 0) is 0 Å².